The molecule has 0 unspecified atom stereocenters. The highest BCUT2D eigenvalue weighted by Crippen LogP contribution is 2.43. The van der Waals surface area contributed by atoms with Crippen LogP contribution in [0.2, 0.25) is 0 Å². The third-order valence-corrected chi connectivity index (χ3v) is 10.9. The van der Waals surface area contributed by atoms with Crippen molar-refractivity contribution in [3.05, 3.63) is 200 Å². The van der Waals surface area contributed by atoms with Crippen LogP contribution in [-0.4, -0.2) is 0 Å². The Morgan fingerprint density at radius 1 is 0.291 bits per heavy atom. The van der Waals surface area contributed by atoms with Gasteiger partial charge >= 0.3 is 0 Å². The summed E-state index contributed by atoms with van der Waals surface area (Å²) in [6, 6.07) is 71.1. The monoisotopic (exact) mass is 703 g/mol. The second-order valence-corrected chi connectivity index (χ2v) is 14.1. The van der Waals surface area contributed by atoms with Crippen LogP contribution in [0.15, 0.2) is 209 Å². The Balaban J connectivity index is 1.02. The van der Waals surface area contributed by atoms with Gasteiger partial charge in [-0.15, -0.1) is 0 Å². The van der Waals surface area contributed by atoms with E-state index in [4.69, 9.17) is 8.83 Å². The van der Waals surface area contributed by atoms with Crippen molar-refractivity contribution >= 4 is 71.7 Å². The minimum Gasteiger partial charge on any atom is -0.456 e. The van der Waals surface area contributed by atoms with E-state index in [-0.39, 0.29) is 0 Å². The lowest BCUT2D eigenvalue weighted by Crippen LogP contribution is -2.11. The summed E-state index contributed by atoms with van der Waals surface area (Å²) < 4.78 is 12.6. The van der Waals surface area contributed by atoms with E-state index in [1.807, 2.05) is 24.3 Å². The van der Waals surface area contributed by atoms with E-state index < -0.39 is 0 Å². The van der Waals surface area contributed by atoms with Gasteiger partial charge in [0.15, 0.2) is 0 Å². The summed E-state index contributed by atoms with van der Waals surface area (Å²) in [5.74, 6) is 0. The Bertz CT molecular complexity index is 3200. The number of hydrogen-bond donors (Lipinski definition) is 0. The average molecular weight is 704 g/mol. The van der Waals surface area contributed by atoms with Crippen LogP contribution in [0.5, 0.6) is 0 Å². The predicted octanol–water partition coefficient (Wildman–Crippen LogP) is 15.1. The molecule has 11 rings (SSSR count). The van der Waals surface area contributed by atoms with Crippen molar-refractivity contribution in [1.29, 1.82) is 0 Å². The number of benzene rings is 9. The van der Waals surface area contributed by atoms with Gasteiger partial charge in [0, 0.05) is 38.5 Å². The molecule has 2 heterocycles. The van der Waals surface area contributed by atoms with Gasteiger partial charge in [-0.2, -0.15) is 0 Å². The SMILES string of the molecule is c1ccc(N(c2ccc(-c3ccc4ccccc4c3)cc2)c2ccc(-c3ccc4c(c3)oc3ccccc34)cc2)c(-c2ccc3c(c2)oc2ccccc23)c1. The van der Waals surface area contributed by atoms with E-state index >= 15 is 0 Å². The van der Waals surface area contributed by atoms with Gasteiger partial charge in [-0.05, 0) is 111 Å². The zero-order chi connectivity index (χ0) is 36.3. The predicted molar refractivity (Wildman–Crippen MR) is 229 cm³/mol. The number of furan rings is 2. The van der Waals surface area contributed by atoms with Gasteiger partial charge in [-0.25, -0.2) is 0 Å². The van der Waals surface area contributed by atoms with Crippen LogP contribution in [-0.2, 0) is 0 Å². The molecule has 3 nitrogen and oxygen atoms in total. The van der Waals surface area contributed by atoms with Gasteiger partial charge in [0.25, 0.3) is 0 Å². The Morgan fingerprint density at radius 2 is 0.745 bits per heavy atom. The summed E-state index contributed by atoms with van der Waals surface area (Å²) in [6.45, 7) is 0. The largest absolute Gasteiger partial charge is 0.456 e. The molecule has 0 N–H and O–H groups in total. The molecule has 0 radical (unpaired) electrons. The lowest BCUT2D eigenvalue weighted by molar-refractivity contribution is 0.668. The van der Waals surface area contributed by atoms with Crippen molar-refractivity contribution in [2.75, 3.05) is 4.90 Å². The van der Waals surface area contributed by atoms with Crippen molar-refractivity contribution in [2.45, 2.75) is 0 Å². The molecule has 0 bridgehead atoms. The molecule has 0 saturated carbocycles. The van der Waals surface area contributed by atoms with Crippen LogP contribution in [0.3, 0.4) is 0 Å². The number of nitrogens with zero attached hydrogens (tertiary/aromatic N) is 1. The molecule has 3 heteroatoms. The smallest absolute Gasteiger partial charge is 0.136 e. The highest BCUT2D eigenvalue weighted by molar-refractivity contribution is 6.07. The van der Waals surface area contributed by atoms with Crippen LogP contribution in [0, 0.1) is 0 Å². The van der Waals surface area contributed by atoms with Crippen molar-refractivity contribution in [2.24, 2.45) is 0 Å². The van der Waals surface area contributed by atoms with Crippen molar-refractivity contribution < 1.29 is 8.83 Å². The fourth-order valence-corrected chi connectivity index (χ4v) is 8.11. The Kier molecular flexibility index (Phi) is 7.17. The first-order chi connectivity index (χ1) is 27.2. The molecule has 0 fully saturated rings. The van der Waals surface area contributed by atoms with Gasteiger partial charge in [0.2, 0.25) is 0 Å². The van der Waals surface area contributed by atoms with Crippen molar-refractivity contribution in [1.82, 2.24) is 0 Å². The molecule has 258 valence electrons. The van der Waals surface area contributed by atoms with Crippen molar-refractivity contribution in [3.63, 3.8) is 0 Å². The maximum Gasteiger partial charge on any atom is 0.136 e. The fourth-order valence-electron chi connectivity index (χ4n) is 8.11. The Hall–Kier alpha value is -7.36. The molecule has 0 aliphatic carbocycles. The molecule has 9 aromatic carbocycles. The summed E-state index contributed by atoms with van der Waals surface area (Å²) >= 11 is 0. The highest BCUT2D eigenvalue weighted by atomic mass is 16.3. The third kappa shape index (κ3) is 5.36. The quantitative estimate of drug-likeness (QED) is 0.173. The molecule has 0 amide bonds. The first-order valence-electron chi connectivity index (χ1n) is 18.7. The lowest BCUT2D eigenvalue weighted by Gasteiger charge is -2.28. The molecule has 0 aliphatic heterocycles. The molecule has 0 atom stereocenters. The van der Waals surface area contributed by atoms with Crippen LogP contribution < -0.4 is 4.90 Å². The highest BCUT2D eigenvalue weighted by Gasteiger charge is 2.19. The summed E-state index contributed by atoms with van der Waals surface area (Å²) in [7, 11) is 0. The molecule has 2 aromatic heterocycles. The summed E-state index contributed by atoms with van der Waals surface area (Å²) in [4.78, 5) is 2.36. The van der Waals surface area contributed by atoms with Gasteiger partial charge in [-0.3, -0.25) is 0 Å². The van der Waals surface area contributed by atoms with Gasteiger partial charge in [0.05, 0.1) is 5.69 Å². The first kappa shape index (κ1) is 31.2. The van der Waals surface area contributed by atoms with Crippen LogP contribution >= 0.6 is 0 Å². The molecular weight excluding hydrogens is 671 g/mol. The second kappa shape index (κ2) is 12.6. The van der Waals surface area contributed by atoms with Crippen LogP contribution in [0.1, 0.15) is 0 Å². The Morgan fingerprint density at radius 3 is 1.40 bits per heavy atom. The zero-order valence-electron chi connectivity index (χ0n) is 29.8. The zero-order valence-corrected chi connectivity index (χ0v) is 29.8. The van der Waals surface area contributed by atoms with E-state index in [2.05, 4.69) is 181 Å². The molecule has 0 saturated heterocycles. The topological polar surface area (TPSA) is 29.5 Å². The summed E-state index contributed by atoms with van der Waals surface area (Å²) in [6.07, 6.45) is 0. The standard InChI is InChI=1S/C52H33NO2/c1-2-10-37-31-38(18-17-34(37)9-1)35-19-25-41(26-20-35)53(42-27-21-36(22-28-42)39-23-29-46-44-12-4-7-15-49(44)54-51(46)32-39)48-14-6-3-11-43(48)40-24-30-47-45-13-5-8-16-50(45)55-52(47)33-40/h1-33H. The summed E-state index contributed by atoms with van der Waals surface area (Å²) in [5.41, 5.74) is 13.6. The summed E-state index contributed by atoms with van der Waals surface area (Å²) in [5, 5.41) is 7.00. The molecular formula is C52H33NO2. The van der Waals surface area contributed by atoms with Gasteiger partial charge in [-0.1, -0.05) is 127 Å². The maximum absolute atomic E-state index is 6.34. The fraction of sp³-hybridized carbons (Fsp3) is 0. The molecule has 11 aromatic rings. The lowest BCUT2D eigenvalue weighted by atomic mass is 9.98. The average Bonchev–Trinajstić information content (AvgIpc) is 3.82. The first-order valence-corrected chi connectivity index (χ1v) is 18.7. The normalized spacial score (nSPS) is 11.6. The number of para-hydroxylation sites is 3. The van der Waals surface area contributed by atoms with E-state index in [1.54, 1.807) is 0 Å². The van der Waals surface area contributed by atoms with Crippen LogP contribution in [0.25, 0.3) is 88.0 Å². The molecule has 0 spiro atoms. The number of fused-ring (bicyclic) bond motifs is 7. The van der Waals surface area contributed by atoms with Crippen molar-refractivity contribution in [3.8, 4) is 33.4 Å². The second-order valence-electron chi connectivity index (χ2n) is 14.1. The Labute approximate surface area is 317 Å². The maximum atomic E-state index is 6.34. The molecule has 0 aliphatic rings. The van der Waals surface area contributed by atoms with Gasteiger partial charge in [0.1, 0.15) is 22.3 Å². The van der Waals surface area contributed by atoms with E-state index in [9.17, 15) is 0 Å². The van der Waals surface area contributed by atoms with E-state index in [1.165, 1.54) is 21.9 Å². The number of anilines is 3. The minimum atomic E-state index is 0.880. The number of hydrogen-bond acceptors (Lipinski definition) is 3. The van der Waals surface area contributed by atoms with E-state index in [0.29, 0.717) is 0 Å². The van der Waals surface area contributed by atoms with Gasteiger partial charge < -0.3 is 13.7 Å². The third-order valence-electron chi connectivity index (χ3n) is 10.9. The number of rotatable bonds is 6. The minimum absolute atomic E-state index is 0.880. The van der Waals surface area contributed by atoms with E-state index in [0.717, 1.165) is 83.2 Å². The molecule has 55 heavy (non-hydrogen) atoms. The van der Waals surface area contributed by atoms with Crippen LogP contribution in [0.4, 0.5) is 17.1 Å².